The molecule has 0 amide bonds. The van der Waals surface area contributed by atoms with Crippen molar-refractivity contribution in [3.63, 3.8) is 0 Å². The van der Waals surface area contributed by atoms with Crippen LogP contribution in [0.25, 0.3) is 0 Å². The Morgan fingerprint density at radius 1 is 1.53 bits per heavy atom. The Morgan fingerprint density at radius 3 is 2.71 bits per heavy atom. The molecule has 5 nitrogen and oxygen atoms in total. The Hall–Kier alpha value is -1.98. The molecule has 0 N–H and O–H groups in total. The molecule has 1 rings (SSSR count). The highest BCUT2D eigenvalue weighted by Crippen LogP contribution is 2.19. The molecule has 17 heavy (non-hydrogen) atoms. The normalized spacial score (nSPS) is 10.4. The third kappa shape index (κ3) is 3.82. The molecule has 0 radical (unpaired) electrons. The third-order valence-corrected chi connectivity index (χ3v) is 1.92. The van der Waals surface area contributed by atoms with Crippen molar-refractivity contribution in [2.24, 2.45) is 0 Å². The van der Waals surface area contributed by atoms with Crippen LogP contribution in [-0.4, -0.2) is 17.0 Å². The van der Waals surface area contributed by atoms with E-state index in [9.17, 15) is 19.3 Å². The summed E-state index contributed by atoms with van der Waals surface area (Å²) >= 11 is 0. The number of benzene rings is 1. The predicted octanol–water partition coefficient (Wildman–Crippen LogP) is 2.23. The molecule has 0 bridgehead atoms. The fourth-order valence-corrected chi connectivity index (χ4v) is 1.28. The molecule has 0 saturated carbocycles. The van der Waals surface area contributed by atoms with Crippen LogP contribution < -0.4 is 0 Å². The Bertz CT molecular complexity index is 445. The van der Waals surface area contributed by atoms with Crippen LogP contribution in [0.4, 0.5) is 10.1 Å². The van der Waals surface area contributed by atoms with Gasteiger partial charge in [-0.05, 0) is 25.5 Å². The lowest BCUT2D eigenvalue weighted by atomic mass is 10.1. The van der Waals surface area contributed by atoms with Gasteiger partial charge in [-0.3, -0.25) is 14.9 Å². The van der Waals surface area contributed by atoms with E-state index >= 15 is 0 Å². The van der Waals surface area contributed by atoms with Gasteiger partial charge in [0.05, 0.1) is 17.4 Å². The van der Waals surface area contributed by atoms with Gasteiger partial charge in [0.25, 0.3) is 0 Å². The second-order valence-electron chi connectivity index (χ2n) is 3.76. The van der Waals surface area contributed by atoms with E-state index in [2.05, 4.69) is 0 Å². The number of rotatable bonds is 4. The predicted molar refractivity (Wildman–Crippen MR) is 58.0 cm³/mol. The zero-order valence-electron chi connectivity index (χ0n) is 9.47. The minimum absolute atomic E-state index is 0.112. The van der Waals surface area contributed by atoms with E-state index in [0.717, 1.165) is 12.1 Å². The van der Waals surface area contributed by atoms with E-state index in [0.29, 0.717) is 5.56 Å². The Labute approximate surface area is 97.3 Å². The molecule has 6 heteroatoms. The highest BCUT2D eigenvalue weighted by Gasteiger charge is 2.16. The van der Waals surface area contributed by atoms with Gasteiger partial charge in [-0.15, -0.1) is 0 Å². The van der Waals surface area contributed by atoms with Crippen molar-refractivity contribution in [1.82, 2.24) is 0 Å². The summed E-state index contributed by atoms with van der Waals surface area (Å²) in [6.45, 7) is 3.40. The summed E-state index contributed by atoms with van der Waals surface area (Å²) in [4.78, 5) is 21.0. The minimum atomic E-state index is -0.920. The van der Waals surface area contributed by atoms with Gasteiger partial charge in [0.15, 0.2) is 0 Å². The lowest BCUT2D eigenvalue weighted by molar-refractivity contribution is -0.387. The van der Waals surface area contributed by atoms with Crippen molar-refractivity contribution in [1.29, 1.82) is 0 Å². The highest BCUT2D eigenvalue weighted by molar-refractivity contribution is 5.73. The van der Waals surface area contributed by atoms with Crippen LogP contribution in [0, 0.1) is 15.9 Å². The van der Waals surface area contributed by atoms with Crippen LogP contribution in [0.1, 0.15) is 19.4 Å². The summed E-state index contributed by atoms with van der Waals surface area (Å²) in [6.07, 6.45) is -0.364. The first kappa shape index (κ1) is 13.1. The maximum atomic E-state index is 13.0. The molecule has 0 spiro atoms. The van der Waals surface area contributed by atoms with Crippen molar-refractivity contribution >= 4 is 11.7 Å². The van der Waals surface area contributed by atoms with Crippen molar-refractivity contribution < 1.29 is 18.8 Å². The molecule has 0 aliphatic heterocycles. The first-order valence-electron chi connectivity index (χ1n) is 5.02. The molecule has 1 aromatic carbocycles. The maximum absolute atomic E-state index is 13.0. The Morgan fingerprint density at radius 2 is 2.18 bits per heavy atom. The van der Waals surface area contributed by atoms with E-state index in [-0.39, 0.29) is 12.5 Å². The number of nitro benzene ring substituents is 1. The molecule has 0 aliphatic rings. The zero-order chi connectivity index (χ0) is 13.0. The van der Waals surface area contributed by atoms with Crippen LogP contribution in [-0.2, 0) is 16.0 Å². The minimum Gasteiger partial charge on any atom is -0.463 e. The average molecular weight is 241 g/mol. The van der Waals surface area contributed by atoms with Gasteiger partial charge in [0.1, 0.15) is 0 Å². The lowest BCUT2D eigenvalue weighted by Gasteiger charge is -2.07. The second-order valence-corrected chi connectivity index (χ2v) is 3.76. The van der Waals surface area contributed by atoms with E-state index < -0.39 is 22.4 Å². The largest absolute Gasteiger partial charge is 0.463 e. The van der Waals surface area contributed by atoms with Gasteiger partial charge < -0.3 is 4.74 Å². The standard InChI is InChI=1S/C11H12FNO4/c1-7(2)17-11(14)6-8-3-4-9(12)10(5-8)13(15)16/h3-5,7H,6H2,1-2H3. The molecule has 0 aliphatic carbocycles. The van der Waals surface area contributed by atoms with Crippen molar-refractivity contribution in [2.75, 3.05) is 0 Å². The van der Waals surface area contributed by atoms with Gasteiger partial charge in [-0.1, -0.05) is 6.07 Å². The summed E-state index contributed by atoms with van der Waals surface area (Å²) in [7, 11) is 0. The SMILES string of the molecule is CC(C)OC(=O)Cc1ccc(F)c([N+](=O)[O-])c1. The summed E-state index contributed by atoms with van der Waals surface area (Å²) in [5.41, 5.74) is -0.288. The van der Waals surface area contributed by atoms with Crippen LogP contribution >= 0.6 is 0 Å². The summed E-state index contributed by atoms with van der Waals surface area (Å²) in [5.74, 6) is -1.42. The molecule has 1 aromatic rings. The number of ether oxygens (including phenoxy) is 1. The fourth-order valence-electron chi connectivity index (χ4n) is 1.28. The molecular weight excluding hydrogens is 229 g/mol. The Kier molecular flexibility index (Phi) is 4.14. The second kappa shape index (κ2) is 5.38. The summed E-state index contributed by atoms with van der Waals surface area (Å²) in [6, 6.07) is 3.33. The van der Waals surface area contributed by atoms with Crippen LogP contribution in [0.2, 0.25) is 0 Å². The van der Waals surface area contributed by atoms with Crippen LogP contribution in [0.15, 0.2) is 18.2 Å². The quantitative estimate of drug-likeness (QED) is 0.460. The van der Waals surface area contributed by atoms with Gasteiger partial charge >= 0.3 is 11.7 Å². The van der Waals surface area contributed by atoms with E-state index in [1.165, 1.54) is 6.07 Å². The summed E-state index contributed by atoms with van der Waals surface area (Å²) in [5, 5.41) is 10.5. The first-order valence-corrected chi connectivity index (χ1v) is 5.02. The summed E-state index contributed by atoms with van der Waals surface area (Å²) < 4.78 is 17.9. The molecule has 0 atom stereocenters. The van der Waals surface area contributed by atoms with E-state index in [4.69, 9.17) is 4.74 Å². The van der Waals surface area contributed by atoms with Gasteiger partial charge in [-0.25, -0.2) is 0 Å². The number of carbonyl (C=O) groups is 1. The smallest absolute Gasteiger partial charge is 0.310 e. The van der Waals surface area contributed by atoms with E-state index in [1.807, 2.05) is 0 Å². The molecule has 0 saturated heterocycles. The molecule has 0 fully saturated rings. The number of nitrogens with zero attached hydrogens (tertiary/aromatic N) is 1. The average Bonchev–Trinajstić information content (AvgIpc) is 2.19. The number of carbonyl (C=O) groups excluding carboxylic acids is 1. The Balaban J connectivity index is 2.82. The fraction of sp³-hybridized carbons (Fsp3) is 0.364. The van der Waals surface area contributed by atoms with Crippen LogP contribution in [0.3, 0.4) is 0 Å². The molecule has 92 valence electrons. The molecule has 0 aromatic heterocycles. The van der Waals surface area contributed by atoms with Crippen molar-refractivity contribution in [3.05, 3.63) is 39.7 Å². The molecular formula is C11H12FNO4. The maximum Gasteiger partial charge on any atom is 0.310 e. The number of halogens is 1. The number of esters is 1. The van der Waals surface area contributed by atoms with E-state index in [1.54, 1.807) is 13.8 Å². The number of hydrogen-bond acceptors (Lipinski definition) is 4. The van der Waals surface area contributed by atoms with Crippen LogP contribution in [0.5, 0.6) is 0 Å². The van der Waals surface area contributed by atoms with Gasteiger partial charge in [0, 0.05) is 6.07 Å². The zero-order valence-corrected chi connectivity index (χ0v) is 9.47. The monoisotopic (exact) mass is 241 g/mol. The molecule has 0 heterocycles. The molecule has 0 unspecified atom stereocenters. The topological polar surface area (TPSA) is 69.4 Å². The number of hydrogen-bond donors (Lipinski definition) is 0. The van der Waals surface area contributed by atoms with Crippen molar-refractivity contribution in [3.8, 4) is 0 Å². The van der Waals surface area contributed by atoms with Crippen molar-refractivity contribution in [2.45, 2.75) is 26.4 Å². The first-order chi connectivity index (χ1) is 7.90. The lowest BCUT2D eigenvalue weighted by Crippen LogP contribution is -2.13. The highest BCUT2D eigenvalue weighted by atomic mass is 19.1. The third-order valence-electron chi connectivity index (χ3n) is 1.92. The van der Waals surface area contributed by atoms with Gasteiger partial charge in [0.2, 0.25) is 5.82 Å². The van der Waals surface area contributed by atoms with Gasteiger partial charge in [-0.2, -0.15) is 4.39 Å². The number of nitro groups is 1.